The van der Waals surface area contributed by atoms with Crippen molar-refractivity contribution in [2.24, 2.45) is 11.7 Å². The average molecular weight is 279 g/mol. The van der Waals surface area contributed by atoms with Gasteiger partial charge < -0.3 is 11.1 Å². The molecule has 1 aliphatic rings. The first-order valence-corrected chi connectivity index (χ1v) is 7.08. The van der Waals surface area contributed by atoms with Gasteiger partial charge in [-0.3, -0.25) is 9.69 Å². The first-order chi connectivity index (χ1) is 9.54. The molecule has 2 unspecified atom stereocenters. The molecular weight excluding hydrogens is 257 g/mol. The maximum absolute atomic E-state index is 12.8. The van der Waals surface area contributed by atoms with Crippen molar-refractivity contribution < 1.29 is 9.18 Å². The van der Waals surface area contributed by atoms with Crippen LogP contribution in [0, 0.1) is 11.7 Å². The van der Waals surface area contributed by atoms with Crippen molar-refractivity contribution in [2.75, 3.05) is 25.0 Å². The molecule has 2 rings (SSSR count). The molecule has 0 spiro atoms. The molecule has 1 aliphatic heterocycles. The molecule has 0 bridgehead atoms. The van der Waals surface area contributed by atoms with Crippen LogP contribution in [0.1, 0.15) is 19.8 Å². The van der Waals surface area contributed by atoms with Crippen LogP contribution in [0.4, 0.5) is 10.1 Å². The third-order valence-corrected chi connectivity index (χ3v) is 3.78. The number of carbonyl (C=O) groups excluding carboxylic acids is 1. The number of halogens is 1. The standard InChI is InChI=1S/C15H22FN3O/c1-11(17)12-3-2-8-19(9-12)10-15(20)18-14-6-4-13(16)5-7-14/h4-7,11-12H,2-3,8-10,17H2,1H3,(H,18,20). The van der Waals surface area contributed by atoms with Gasteiger partial charge in [-0.2, -0.15) is 0 Å². The van der Waals surface area contributed by atoms with Crippen LogP contribution in [0.15, 0.2) is 24.3 Å². The minimum atomic E-state index is -0.307. The van der Waals surface area contributed by atoms with Crippen LogP contribution in [0.5, 0.6) is 0 Å². The molecule has 0 saturated carbocycles. The number of nitrogens with one attached hydrogen (secondary N) is 1. The molecule has 2 atom stereocenters. The van der Waals surface area contributed by atoms with Gasteiger partial charge in [-0.05, 0) is 56.5 Å². The van der Waals surface area contributed by atoms with E-state index >= 15 is 0 Å². The van der Waals surface area contributed by atoms with Gasteiger partial charge in [0.15, 0.2) is 0 Å². The lowest BCUT2D eigenvalue weighted by atomic mass is 9.92. The Balaban J connectivity index is 1.83. The molecular formula is C15H22FN3O. The fraction of sp³-hybridized carbons (Fsp3) is 0.533. The molecule has 1 aromatic rings. The number of hydrogen-bond acceptors (Lipinski definition) is 3. The Morgan fingerprint density at radius 3 is 2.85 bits per heavy atom. The number of anilines is 1. The van der Waals surface area contributed by atoms with E-state index in [1.165, 1.54) is 12.1 Å². The van der Waals surface area contributed by atoms with Crippen LogP contribution in [0.2, 0.25) is 0 Å². The second-order valence-corrected chi connectivity index (χ2v) is 5.55. The van der Waals surface area contributed by atoms with E-state index in [9.17, 15) is 9.18 Å². The largest absolute Gasteiger partial charge is 0.328 e. The molecule has 3 N–H and O–H groups in total. The number of carbonyl (C=O) groups is 1. The molecule has 0 aliphatic carbocycles. The maximum atomic E-state index is 12.8. The smallest absolute Gasteiger partial charge is 0.238 e. The van der Waals surface area contributed by atoms with Crippen molar-refractivity contribution in [2.45, 2.75) is 25.8 Å². The van der Waals surface area contributed by atoms with Gasteiger partial charge in [0.1, 0.15) is 5.82 Å². The van der Waals surface area contributed by atoms with E-state index in [1.54, 1.807) is 12.1 Å². The third kappa shape index (κ3) is 4.28. The SMILES string of the molecule is CC(N)C1CCCN(CC(=O)Nc2ccc(F)cc2)C1. The van der Waals surface area contributed by atoms with Gasteiger partial charge in [0.25, 0.3) is 0 Å². The lowest BCUT2D eigenvalue weighted by molar-refractivity contribution is -0.117. The highest BCUT2D eigenvalue weighted by atomic mass is 19.1. The van der Waals surface area contributed by atoms with Crippen LogP contribution < -0.4 is 11.1 Å². The van der Waals surface area contributed by atoms with Crippen molar-refractivity contribution in [1.29, 1.82) is 0 Å². The monoisotopic (exact) mass is 279 g/mol. The van der Waals surface area contributed by atoms with Crippen LogP contribution in [0.25, 0.3) is 0 Å². The third-order valence-electron chi connectivity index (χ3n) is 3.78. The average Bonchev–Trinajstić information content (AvgIpc) is 2.41. The van der Waals surface area contributed by atoms with Crippen LogP contribution in [-0.4, -0.2) is 36.5 Å². The van der Waals surface area contributed by atoms with Crippen molar-refractivity contribution in [3.63, 3.8) is 0 Å². The molecule has 0 aromatic heterocycles. The number of benzene rings is 1. The summed E-state index contributed by atoms with van der Waals surface area (Å²) in [4.78, 5) is 14.1. The predicted octanol–water partition coefficient (Wildman–Crippen LogP) is 1.82. The molecule has 5 heteroatoms. The minimum absolute atomic E-state index is 0.0677. The van der Waals surface area contributed by atoms with E-state index in [4.69, 9.17) is 5.73 Å². The van der Waals surface area contributed by atoms with Crippen molar-refractivity contribution in [1.82, 2.24) is 4.90 Å². The van der Waals surface area contributed by atoms with Gasteiger partial charge >= 0.3 is 0 Å². The highest BCUT2D eigenvalue weighted by Gasteiger charge is 2.23. The minimum Gasteiger partial charge on any atom is -0.328 e. The Morgan fingerprint density at radius 2 is 2.20 bits per heavy atom. The van der Waals surface area contributed by atoms with E-state index in [-0.39, 0.29) is 17.8 Å². The van der Waals surface area contributed by atoms with Gasteiger partial charge in [0.05, 0.1) is 6.54 Å². The summed E-state index contributed by atoms with van der Waals surface area (Å²) in [7, 11) is 0. The van der Waals surface area contributed by atoms with Crippen molar-refractivity contribution in [3.05, 3.63) is 30.1 Å². The molecule has 1 aromatic carbocycles. The predicted molar refractivity (Wildman–Crippen MR) is 77.8 cm³/mol. The first-order valence-electron chi connectivity index (χ1n) is 7.08. The Kier molecular flexibility index (Phi) is 5.09. The normalized spacial score (nSPS) is 21.4. The number of piperidine rings is 1. The summed E-state index contributed by atoms with van der Waals surface area (Å²) in [6, 6.07) is 5.96. The number of nitrogens with two attached hydrogens (primary N) is 1. The summed E-state index contributed by atoms with van der Waals surface area (Å²) in [6.45, 7) is 4.18. The van der Waals surface area contributed by atoms with Gasteiger partial charge in [-0.25, -0.2) is 4.39 Å². The highest BCUT2D eigenvalue weighted by molar-refractivity contribution is 5.92. The zero-order valence-electron chi connectivity index (χ0n) is 11.8. The maximum Gasteiger partial charge on any atom is 0.238 e. The van der Waals surface area contributed by atoms with E-state index in [0.717, 1.165) is 25.9 Å². The van der Waals surface area contributed by atoms with E-state index in [1.807, 2.05) is 6.92 Å². The molecule has 110 valence electrons. The summed E-state index contributed by atoms with van der Waals surface area (Å²) in [6.07, 6.45) is 2.21. The summed E-state index contributed by atoms with van der Waals surface area (Å²) in [5.41, 5.74) is 6.56. The fourth-order valence-corrected chi connectivity index (χ4v) is 2.60. The molecule has 4 nitrogen and oxygen atoms in total. The molecule has 1 saturated heterocycles. The Bertz CT molecular complexity index is 447. The van der Waals surface area contributed by atoms with Crippen molar-refractivity contribution in [3.8, 4) is 0 Å². The second kappa shape index (κ2) is 6.81. The molecule has 1 amide bonds. The van der Waals surface area contributed by atoms with Gasteiger partial charge in [0.2, 0.25) is 5.91 Å². The Morgan fingerprint density at radius 1 is 1.50 bits per heavy atom. The van der Waals surface area contributed by atoms with Crippen LogP contribution in [0.3, 0.4) is 0 Å². The lowest BCUT2D eigenvalue weighted by Crippen LogP contribution is -2.45. The number of nitrogens with zero attached hydrogens (tertiary/aromatic N) is 1. The van der Waals surface area contributed by atoms with E-state index < -0.39 is 0 Å². The molecule has 1 fully saturated rings. The summed E-state index contributed by atoms with van der Waals surface area (Å²) in [5, 5.41) is 2.78. The van der Waals surface area contributed by atoms with Crippen LogP contribution >= 0.6 is 0 Å². The number of hydrogen-bond donors (Lipinski definition) is 2. The highest BCUT2D eigenvalue weighted by Crippen LogP contribution is 2.18. The quantitative estimate of drug-likeness (QED) is 0.884. The Hall–Kier alpha value is -1.46. The van der Waals surface area contributed by atoms with Gasteiger partial charge in [-0.15, -0.1) is 0 Å². The number of amides is 1. The molecule has 1 heterocycles. The topological polar surface area (TPSA) is 58.4 Å². The van der Waals surface area contributed by atoms with Gasteiger partial charge in [-0.1, -0.05) is 0 Å². The Labute approximate surface area is 119 Å². The fourth-order valence-electron chi connectivity index (χ4n) is 2.60. The molecule has 20 heavy (non-hydrogen) atoms. The van der Waals surface area contributed by atoms with Crippen molar-refractivity contribution >= 4 is 11.6 Å². The number of likely N-dealkylation sites (tertiary alicyclic amines) is 1. The zero-order valence-corrected chi connectivity index (χ0v) is 11.8. The second-order valence-electron chi connectivity index (χ2n) is 5.55. The summed E-state index contributed by atoms with van der Waals surface area (Å²) in [5.74, 6) is 0.0862. The van der Waals surface area contributed by atoms with E-state index in [2.05, 4.69) is 10.2 Å². The molecule has 0 radical (unpaired) electrons. The zero-order chi connectivity index (χ0) is 14.5. The summed E-state index contributed by atoms with van der Waals surface area (Å²) >= 11 is 0. The lowest BCUT2D eigenvalue weighted by Gasteiger charge is -2.34. The van der Waals surface area contributed by atoms with Gasteiger partial charge in [0, 0.05) is 18.3 Å². The number of rotatable bonds is 4. The van der Waals surface area contributed by atoms with Crippen LogP contribution in [-0.2, 0) is 4.79 Å². The van der Waals surface area contributed by atoms with E-state index in [0.29, 0.717) is 18.2 Å². The first kappa shape index (κ1) is 14.9. The summed E-state index contributed by atoms with van der Waals surface area (Å²) < 4.78 is 12.8.